The number of aryl methyl sites for hydroxylation is 1. The third-order valence-corrected chi connectivity index (χ3v) is 4.85. The number of amides is 2. The van der Waals surface area contributed by atoms with Gasteiger partial charge in [0.25, 0.3) is 17.4 Å². The van der Waals surface area contributed by atoms with Crippen LogP contribution < -0.4 is 16.3 Å². The molecule has 2 aromatic carbocycles. The Morgan fingerprint density at radius 1 is 0.970 bits per heavy atom. The Bertz CT molecular complexity index is 1400. The highest BCUT2D eigenvalue weighted by Crippen LogP contribution is 2.20. The number of aromatic nitrogens is 3. The predicted molar refractivity (Wildman–Crippen MR) is 124 cm³/mol. The second-order valence-corrected chi connectivity index (χ2v) is 7.19. The minimum Gasteiger partial charge on any atom is -0.335 e. The van der Waals surface area contributed by atoms with Crippen LogP contribution in [0.5, 0.6) is 0 Å². The van der Waals surface area contributed by atoms with Crippen molar-refractivity contribution in [1.29, 1.82) is 0 Å². The number of H-pyrrole nitrogens is 1. The van der Waals surface area contributed by atoms with Gasteiger partial charge in [0.15, 0.2) is 6.04 Å². The Balaban J connectivity index is 1.67. The number of hydrazone groups is 1. The van der Waals surface area contributed by atoms with E-state index in [1.807, 2.05) is 19.1 Å². The maximum absolute atomic E-state index is 13.1. The van der Waals surface area contributed by atoms with Gasteiger partial charge in [0.1, 0.15) is 5.69 Å². The summed E-state index contributed by atoms with van der Waals surface area (Å²) in [5.74, 6) is -1.11. The maximum Gasteiger partial charge on any atom is 0.272 e. The second kappa shape index (κ2) is 9.65. The zero-order valence-corrected chi connectivity index (χ0v) is 17.6. The SMILES string of the molecule is Cc1cccc(C=NNC(=O)[C@@H](NC(=O)c2ccccc2)c2n[nH]c(=O)c3ccccc23)n1. The fourth-order valence-corrected chi connectivity index (χ4v) is 3.28. The highest BCUT2D eigenvalue weighted by atomic mass is 16.2. The van der Waals surface area contributed by atoms with Gasteiger partial charge >= 0.3 is 0 Å². The van der Waals surface area contributed by atoms with E-state index >= 15 is 0 Å². The normalized spacial score (nSPS) is 11.9. The number of hydrogen-bond donors (Lipinski definition) is 3. The monoisotopic (exact) mass is 440 g/mol. The van der Waals surface area contributed by atoms with Gasteiger partial charge in [0, 0.05) is 16.6 Å². The minimum absolute atomic E-state index is 0.191. The van der Waals surface area contributed by atoms with Crippen molar-refractivity contribution in [3.63, 3.8) is 0 Å². The third-order valence-electron chi connectivity index (χ3n) is 4.85. The van der Waals surface area contributed by atoms with Gasteiger partial charge in [-0.2, -0.15) is 10.2 Å². The van der Waals surface area contributed by atoms with Crippen molar-refractivity contribution < 1.29 is 9.59 Å². The van der Waals surface area contributed by atoms with Gasteiger partial charge in [-0.05, 0) is 37.3 Å². The van der Waals surface area contributed by atoms with Gasteiger partial charge in [0.2, 0.25) is 0 Å². The van der Waals surface area contributed by atoms with E-state index in [4.69, 9.17) is 0 Å². The van der Waals surface area contributed by atoms with Crippen LogP contribution in [0.3, 0.4) is 0 Å². The van der Waals surface area contributed by atoms with E-state index in [9.17, 15) is 14.4 Å². The molecule has 2 heterocycles. The molecule has 33 heavy (non-hydrogen) atoms. The van der Waals surface area contributed by atoms with Gasteiger partial charge < -0.3 is 5.32 Å². The molecule has 0 radical (unpaired) electrons. The smallest absolute Gasteiger partial charge is 0.272 e. The molecule has 4 aromatic rings. The molecule has 3 N–H and O–H groups in total. The highest BCUT2D eigenvalue weighted by molar-refractivity contribution is 5.99. The Morgan fingerprint density at radius 3 is 2.45 bits per heavy atom. The molecule has 1 atom stereocenters. The van der Waals surface area contributed by atoms with Crippen LogP contribution in [-0.4, -0.2) is 33.2 Å². The summed E-state index contributed by atoms with van der Waals surface area (Å²) < 4.78 is 0. The first kappa shape index (κ1) is 21.6. The second-order valence-electron chi connectivity index (χ2n) is 7.19. The van der Waals surface area contributed by atoms with E-state index < -0.39 is 23.4 Å². The fraction of sp³-hybridized carbons (Fsp3) is 0.0833. The first-order valence-electron chi connectivity index (χ1n) is 10.1. The molecule has 2 aromatic heterocycles. The standard InChI is InChI=1S/C24H20N6O3/c1-15-8-7-11-17(26-15)14-25-29-24(33)21(27-22(31)16-9-3-2-4-10-16)20-18-12-5-6-13-19(18)23(32)30-28-20/h2-14,21H,1H3,(H,27,31)(H,29,33)(H,30,32)/t21-/m0/s1. The van der Waals surface area contributed by atoms with E-state index in [0.29, 0.717) is 22.0 Å². The lowest BCUT2D eigenvalue weighted by molar-refractivity contribution is -0.123. The number of aromatic amines is 1. The van der Waals surface area contributed by atoms with Crippen molar-refractivity contribution in [2.45, 2.75) is 13.0 Å². The molecule has 164 valence electrons. The van der Waals surface area contributed by atoms with Crippen LogP contribution in [0.25, 0.3) is 10.8 Å². The lowest BCUT2D eigenvalue weighted by atomic mass is 10.0. The Labute approximate surface area is 188 Å². The molecule has 0 aliphatic heterocycles. The number of nitrogens with zero attached hydrogens (tertiary/aromatic N) is 3. The van der Waals surface area contributed by atoms with Gasteiger partial charge in [-0.1, -0.05) is 42.5 Å². The Kier molecular flexibility index (Phi) is 6.31. The molecule has 0 saturated carbocycles. The molecular formula is C24H20N6O3. The number of hydrogen-bond acceptors (Lipinski definition) is 6. The molecule has 0 aliphatic carbocycles. The first-order chi connectivity index (χ1) is 16.0. The van der Waals surface area contributed by atoms with Crippen LogP contribution >= 0.6 is 0 Å². The van der Waals surface area contributed by atoms with Crippen molar-refractivity contribution in [3.8, 4) is 0 Å². The summed E-state index contributed by atoms with van der Waals surface area (Å²) in [5.41, 5.74) is 3.96. The molecule has 4 rings (SSSR count). The molecule has 0 fully saturated rings. The molecule has 0 aliphatic rings. The Hall–Kier alpha value is -4.66. The van der Waals surface area contributed by atoms with Crippen LogP contribution in [0.15, 0.2) is 82.7 Å². The lowest BCUT2D eigenvalue weighted by Crippen LogP contribution is -2.40. The third kappa shape index (κ3) is 4.99. The zero-order chi connectivity index (χ0) is 23.2. The summed E-state index contributed by atoms with van der Waals surface area (Å²) in [7, 11) is 0. The van der Waals surface area contributed by atoms with Crippen molar-refractivity contribution in [1.82, 2.24) is 25.9 Å². The molecular weight excluding hydrogens is 420 g/mol. The number of fused-ring (bicyclic) bond motifs is 1. The van der Waals surface area contributed by atoms with E-state index in [1.165, 1.54) is 6.21 Å². The molecule has 9 nitrogen and oxygen atoms in total. The van der Waals surface area contributed by atoms with Crippen LogP contribution in [0.1, 0.15) is 33.5 Å². The summed E-state index contributed by atoms with van der Waals surface area (Å²) in [6, 6.07) is 19.4. The number of nitrogens with one attached hydrogen (secondary N) is 3. The van der Waals surface area contributed by atoms with E-state index in [2.05, 4.69) is 31.0 Å². The van der Waals surface area contributed by atoms with E-state index in [-0.39, 0.29) is 5.69 Å². The minimum atomic E-state index is -1.22. The number of carbonyl (C=O) groups is 2. The number of benzene rings is 2. The van der Waals surface area contributed by atoms with E-state index in [1.54, 1.807) is 60.7 Å². The fourth-order valence-electron chi connectivity index (χ4n) is 3.28. The van der Waals surface area contributed by atoms with Crippen LogP contribution in [0, 0.1) is 6.92 Å². The van der Waals surface area contributed by atoms with Crippen molar-refractivity contribution >= 4 is 28.8 Å². The average Bonchev–Trinajstić information content (AvgIpc) is 2.84. The first-order valence-corrected chi connectivity index (χ1v) is 10.1. The average molecular weight is 440 g/mol. The van der Waals surface area contributed by atoms with Crippen LogP contribution in [0.2, 0.25) is 0 Å². The Morgan fingerprint density at radius 2 is 1.70 bits per heavy atom. The summed E-state index contributed by atoms with van der Waals surface area (Å²) in [6.45, 7) is 1.85. The topological polar surface area (TPSA) is 129 Å². The van der Waals surface area contributed by atoms with Gasteiger partial charge in [-0.15, -0.1) is 0 Å². The summed E-state index contributed by atoms with van der Waals surface area (Å²) in [4.78, 5) is 42.4. The molecule has 9 heteroatoms. The zero-order valence-electron chi connectivity index (χ0n) is 17.6. The largest absolute Gasteiger partial charge is 0.335 e. The maximum atomic E-state index is 13.1. The van der Waals surface area contributed by atoms with Gasteiger partial charge in [0.05, 0.1) is 17.3 Å². The summed E-state index contributed by atoms with van der Waals surface area (Å²) in [6.07, 6.45) is 1.40. The lowest BCUT2D eigenvalue weighted by Gasteiger charge is -2.18. The van der Waals surface area contributed by atoms with Crippen molar-refractivity contribution in [2.75, 3.05) is 0 Å². The summed E-state index contributed by atoms with van der Waals surface area (Å²) >= 11 is 0. The number of rotatable bonds is 6. The van der Waals surface area contributed by atoms with Gasteiger partial charge in [-0.25, -0.2) is 10.5 Å². The van der Waals surface area contributed by atoms with Crippen LogP contribution in [0.4, 0.5) is 0 Å². The molecule has 0 saturated heterocycles. The quantitative estimate of drug-likeness (QED) is 0.313. The molecule has 0 unspecified atom stereocenters. The number of carbonyl (C=O) groups excluding carboxylic acids is 2. The summed E-state index contributed by atoms with van der Waals surface area (Å²) in [5, 5.41) is 13.9. The van der Waals surface area contributed by atoms with Crippen molar-refractivity contribution in [2.24, 2.45) is 5.10 Å². The molecule has 2 amide bonds. The van der Waals surface area contributed by atoms with Gasteiger partial charge in [-0.3, -0.25) is 19.4 Å². The van der Waals surface area contributed by atoms with E-state index in [0.717, 1.165) is 5.69 Å². The van der Waals surface area contributed by atoms with Crippen molar-refractivity contribution in [3.05, 3.63) is 106 Å². The highest BCUT2D eigenvalue weighted by Gasteiger charge is 2.27. The number of pyridine rings is 1. The predicted octanol–water partition coefficient (Wildman–Crippen LogP) is 2.25. The van der Waals surface area contributed by atoms with Crippen LogP contribution in [-0.2, 0) is 4.79 Å². The molecule has 0 spiro atoms. The molecule has 0 bridgehead atoms.